The van der Waals surface area contributed by atoms with Crippen molar-refractivity contribution in [2.75, 3.05) is 5.73 Å². The van der Waals surface area contributed by atoms with E-state index < -0.39 is 33.5 Å². The highest BCUT2D eigenvalue weighted by Gasteiger charge is 2.33. The number of nitrogens with two attached hydrogens (primary N) is 1. The summed E-state index contributed by atoms with van der Waals surface area (Å²) in [6, 6.07) is 6.76. The van der Waals surface area contributed by atoms with E-state index in [9.17, 15) is 31.6 Å². The van der Waals surface area contributed by atoms with Gasteiger partial charge < -0.3 is 5.73 Å². The van der Waals surface area contributed by atoms with Crippen LogP contribution >= 0.6 is 23.2 Å². The van der Waals surface area contributed by atoms with Gasteiger partial charge in [-0.05, 0) is 29.8 Å². The molecule has 4 nitrogen and oxygen atoms in total. The second-order valence-electron chi connectivity index (χ2n) is 5.99. The third-order valence-electron chi connectivity index (χ3n) is 4.08. The van der Waals surface area contributed by atoms with Crippen LogP contribution in [0.1, 0.15) is 16.8 Å². The van der Waals surface area contributed by atoms with Crippen molar-refractivity contribution in [3.05, 3.63) is 63.3 Å². The van der Waals surface area contributed by atoms with Crippen LogP contribution in [-0.2, 0) is 12.4 Å². The first-order valence-electron chi connectivity index (χ1n) is 7.87. The number of hydrogen-bond donors (Lipinski definition) is 1. The van der Waals surface area contributed by atoms with Gasteiger partial charge in [-0.2, -0.15) is 36.7 Å². The molecule has 0 aliphatic carbocycles. The first-order valence-corrected chi connectivity index (χ1v) is 8.63. The molecule has 0 saturated heterocycles. The largest absolute Gasteiger partial charge is 0.416 e. The maximum absolute atomic E-state index is 12.9. The van der Waals surface area contributed by atoms with Gasteiger partial charge in [-0.25, -0.2) is 4.68 Å². The van der Waals surface area contributed by atoms with Gasteiger partial charge in [0.15, 0.2) is 5.69 Å². The molecule has 30 heavy (non-hydrogen) atoms. The van der Waals surface area contributed by atoms with Gasteiger partial charge in [0, 0.05) is 0 Å². The Kier molecular flexibility index (Phi) is 5.39. The number of halogens is 8. The van der Waals surface area contributed by atoms with E-state index in [4.69, 9.17) is 28.9 Å². The Bertz CT molecular complexity index is 1130. The number of anilines is 1. The number of nitriles is 1. The molecule has 0 spiro atoms. The molecule has 0 unspecified atom stereocenters. The number of nitrogen functional groups attached to an aromatic ring is 1. The fourth-order valence-electron chi connectivity index (χ4n) is 2.72. The summed E-state index contributed by atoms with van der Waals surface area (Å²) in [7, 11) is 0. The van der Waals surface area contributed by atoms with Crippen LogP contribution in [0, 0.1) is 11.3 Å². The molecule has 3 aromatic rings. The van der Waals surface area contributed by atoms with Crippen molar-refractivity contribution in [1.29, 1.82) is 5.26 Å². The fourth-order valence-corrected chi connectivity index (χ4v) is 3.37. The van der Waals surface area contributed by atoms with Gasteiger partial charge in [-0.3, -0.25) is 0 Å². The average molecular weight is 465 g/mol. The Morgan fingerprint density at radius 2 is 1.40 bits per heavy atom. The number of aromatic nitrogens is 2. The van der Waals surface area contributed by atoms with Crippen molar-refractivity contribution in [1.82, 2.24) is 9.78 Å². The Labute approximate surface area is 175 Å². The first-order chi connectivity index (χ1) is 13.8. The van der Waals surface area contributed by atoms with Gasteiger partial charge in [-0.1, -0.05) is 35.3 Å². The lowest BCUT2D eigenvalue weighted by atomic mass is 10.0. The molecule has 1 aromatic heterocycles. The molecule has 156 valence electrons. The van der Waals surface area contributed by atoms with E-state index in [1.807, 2.05) is 0 Å². The summed E-state index contributed by atoms with van der Waals surface area (Å²) in [5.41, 5.74) is 3.64. The third kappa shape index (κ3) is 3.91. The Hall–Kier alpha value is -2.90. The molecule has 2 N–H and O–H groups in total. The van der Waals surface area contributed by atoms with Crippen molar-refractivity contribution >= 4 is 29.0 Å². The zero-order valence-corrected chi connectivity index (χ0v) is 15.9. The normalized spacial score (nSPS) is 12.1. The van der Waals surface area contributed by atoms with E-state index >= 15 is 0 Å². The standard InChI is InChI=1S/C18H8Cl2F6N4/c19-11-5-10(18(24,25)26)6-12(20)15(11)30-16(28)14(13(7-27)29-30)8-1-3-9(4-2-8)17(21,22)23/h1-6H,28H2. The fraction of sp³-hybridized carbons (Fsp3) is 0.111. The number of benzene rings is 2. The summed E-state index contributed by atoms with van der Waals surface area (Å²) in [6.07, 6.45) is -9.27. The maximum atomic E-state index is 12.9. The molecule has 0 bridgehead atoms. The first kappa shape index (κ1) is 21.8. The quantitative estimate of drug-likeness (QED) is 0.450. The van der Waals surface area contributed by atoms with Crippen LogP contribution in [0.15, 0.2) is 36.4 Å². The van der Waals surface area contributed by atoms with Gasteiger partial charge in [0.1, 0.15) is 17.6 Å². The van der Waals surface area contributed by atoms with Gasteiger partial charge in [0.2, 0.25) is 0 Å². The molecular weight excluding hydrogens is 457 g/mol. The maximum Gasteiger partial charge on any atom is 0.416 e. The van der Waals surface area contributed by atoms with Crippen LogP contribution in [0.5, 0.6) is 0 Å². The Morgan fingerprint density at radius 1 is 0.900 bits per heavy atom. The van der Waals surface area contributed by atoms with Gasteiger partial charge in [0.25, 0.3) is 0 Å². The minimum Gasteiger partial charge on any atom is -0.383 e. The van der Waals surface area contributed by atoms with Crippen LogP contribution < -0.4 is 5.73 Å². The Morgan fingerprint density at radius 3 is 1.83 bits per heavy atom. The van der Waals surface area contributed by atoms with Crippen molar-refractivity contribution in [2.24, 2.45) is 0 Å². The van der Waals surface area contributed by atoms with E-state index in [2.05, 4.69) is 5.10 Å². The van der Waals surface area contributed by atoms with E-state index in [1.54, 1.807) is 6.07 Å². The summed E-state index contributed by atoms with van der Waals surface area (Å²) < 4.78 is 78.0. The highest BCUT2D eigenvalue weighted by atomic mass is 35.5. The predicted octanol–water partition coefficient (Wildman–Crippen LogP) is 6.34. The van der Waals surface area contributed by atoms with Crippen LogP contribution in [0.25, 0.3) is 16.8 Å². The lowest BCUT2D eigenvalue weighted by Gasteiger charge is -2.13. The van der Waals surface area contributed by atoms with Crippen LogP contribution in [0.2, 0.25) is 10.0 Å². The van der Waals surface area contributed by atoms with Gasteiger partial charge >= 0.3 is 12.4 Å². The van der Waals surface area contributed by atoms with Crippen LogP contribution in [-0.4, -0.2) is 9.78 Å². The van der Waals surface area contributed by atoms with Crippen molar-refractivity contribution in [3.8, 4) is 22.9 Å². The lowest BCUT2D eigenvalue weighted by molar-refractivity contribution is -0.138. The molecule has 0 aliphatic heterocycles. The minimum atomic E-state index is -4.70. The lowest BCUT2D eigenvalue weighted by Crippen LogP contribution is -2.08. The molecule has 0 fully saturated rings. The number of rotatable bonds is 2. The molecule has 2 aromatic carbocycles. The van der Waals surface area contributed by atoms with E-state index in [-0.39, 0.29) is 28.3 Å². The summed E-state index contributed by atoms with van der Waals surface area (Å²) in [5, 5.41) is 12.4. The molecular formula is C18H8Cl2F6N4. The zero-order valence-electron chi connectivity index (χ0n) is 14.4. The Balaban J connectivity index is 2.17. The van der Waals surface area contributed by atoms with E-state index in [0.29, 0.717) is 12.1 Å². The second-order valence-corrected chi connectivity index (χ2v) is 6.81. The summed E-state index contributed by atoms with van der Waals surface area (Å²) in [5.74, 6) is -0.241. The predicted molar refractivity (Wildman–Crippen MR) is 98.2 cm³/mol. The van der Waals surface area contributed by atoms with Gasteiger partial charge in [-0.15, -0.1) is 0 Å². The number of alkyl halides is 6. The molecule has 0 radical (unpaired) electrons. The second kappa shape index (κ2) is 7.41. The topological polar surface area (TPSA) is 67.6 Å². The monoisotopic (exact) mass is 464 g/mol. The molecule has 1 heterocycles. The van der Waals surface area contributed by atoms with Crippen LogP contribution in [0.4, 0.5) is 32.2 Å². The molecule has 0 saturated carbocycles. The van der Waals surface area contributed by atoms with E-state index in [1.165, 1.54) is 0 Å². The average Bonchev–Trinajstić information content (AvgIpc) is 2.96. The summed E-state index contributed by atoms with van der Waals surface area (Å²) in [6.45, 7) is 0. The highest BCUT2D eigenvalue weighted by molar-refractivity contribution is 6.38. The summed E-state index contributed by atoms with van der Waals surface area (Å²) >= 11 is 11.9. The smallest absolute Gasteiger partial charge is 0.383 e. The van der Waals surface area contributed by atoms with E-state index in [0.717, 1.165) is 28.9 Å². The molecule has 3 rings (SSSR count). The van der Waals surface area contributed by atoms with Crippen molar-refractivity contribution in [2.45, 2.75) is 12.4 Å². The number of nitrogens with zero attached hydrogens (tertiary/aromatic N) is 3. The van der Waals surface area contributed by atoms with Crippen LogP contribution in [0.3, 0.4) is 0 Å². The molecule has 0 aliphatic rings. The summed E-state index contributed by atoms with van der Waals surface area (Å²) in [4.78, 5) is 0. The molecule has 12 heteroatoms. The zero-order chi connectivity index (χ0) is 22.4. The molecule has 0 atom stereocenters. The third-order valence-corrected chi connectivity index (χ3v) is 4.66. The molecule has 0 amide bonds. The SMILES string of the molecule is N#Cc1nn(-c2c(Cl)cc(C(F)(F)F)cc2Cl)c(N)c1-c1ccc(C(F)(F)F)cc1. The van der Waals surface area contributed by atoms with Gasteiger partial charge in [0.05, 0.1) is 26.7 Å². The van der Waals surface area contributed by atoms with Crippen molar-refractivity contribution < 1.29 is 26.3 Å². The minimum absolute atomic E-state index is 0.0155. The highest BCUT2D eigenvalue weighted by Crippen LogP contribution is 2.40. The van der Waals surface area contributed by atoms with Crippen molar-refractivity contribution in [3.63, 3.8) is 0 Å². The number of hydrogen-bond acceptors (Lipinski definition) is 3.